The zero-order valence-corrected chi connectivity index (χ0v) is 16.5. The second kappa shape index (κ2) is 8.49. The maximum atomic E-state index is 12.6. The minimum absolute atomic E-state index is 0.242. The molecular weight excluding hydrogens is 382 g/mol. The van der Waals surface area contributed by atoms with Gasteiger partial charge in [0.05, 0.1) is 0 Å². The zero-order valence-electron chi connectivity index (χ0n) is 16.5. The smallest absolute Gasteiger partial charge is 0.324 e. The number of para-hydroxylation sites is 1. The van der Waals surface area contributed by atoms with Crippen molar-refractivity contribution in [1.29, 1.82) is 0 Å². The minimum atomic E-state index is -0.931. The van der Waals surface area contributed by atoms with Gasteiger partial charge in [0, 0.05) is 11.7 Å². The van der Waals surface area contributed by atoms with Crippen LogP contribution in [0.15, 0.2) is 54.6 Å². The molecule has 30 heavy (non-hydrogen) atoms. The van der Waals surface area contributed by atoms with Crippen LogP contribution in [-0.2, 0) is 20.8 Å². The Morgan fingerprint density at radius 2 is 1.57 bits per heavy atom. The molecule has 1 N–H and O–H groups in total. The zero-order chi connectivity index (χ0) is 21.1. The number of rotatable bonds is 6. The molecule has 1 saturated carbocycles. The van der Waals surface area contributed by atoms with Crippen LogP contribution in [0.25, 0.3) is 0 Å². The minimum Gasteiger partial charge on any atom is -0.324 e. The molecule has 0 spiro atoms. The molecule has 0 unspecified atom stereocenters. The summed E-state index contributed by atoms with van der Waals surface area (Å²) in [5.74, 6) is -2.28. The fourth-order valence-corrected chi connectivity index (χ4v) is 4.09. The molecule has 0 atom stereocenters. The number of anilines is 1. The highest BCUT2D eigenvalue weighted by Crippen LogP contribution is 2.28. The van der Waals surface area contributed by atoms with Gasteiger partial charge in [0.1, 0.15) is 6.54 Å². The maximum absolute atomic E-state index is 12.6. The molecule has 0 aromatic heterocycles. The van der Waals surface area contributed by atoms with Gasteiger partial charge < -0.3 is 5.32 Å². The number of benzene rings is 2. The predicted octanol–water partition coefficient (Wildman–Crippen LogP) is 2.95. The molecule has 2 aromatic rings. The van der Waals surface area contributed by atoms with E-state index in [2.05, 4.69) is 5.32 Å². The number of amides is 5. The van der Waals surface area contributed by atoms with Crippen LogP contribution in [0.4, 0.5) is 10.5 Å². The molecule has 1 aliphatic heterocycles. The van der Waals surface area contributed by atoms with Crippen molar-refractivity contribution >= 4 is 29.4 Å². The van der Waals surface area contributed by atoms with Gasteiger partial charge in [-0.05, 0) is 36.5 Å². The first-order valence-corrected chi connectivity index (χ1v) is 10.2. The topological polar surface area (TPSA) is 86.8 Å². The summed E-state index contributed by atoms with van der Waals surface area (Å²) < 4.78 is 0. The van der Waals surface area contributed by atoms with Crippen LogP contribution in [0, 0.1) is 0 Å². The molecule has 0 radical (unpaired) electrons. The molecule has 7 nitrogen and oxygen atoms in total. The first-order valence-electron chi connectivity index (χ1n) is 10.2. The van der Waals surface area contributed by atoms with Crippen molar-refractivity contribution in [3.05, 3.63) is 65.7 Å². The van der Waals surface area contributed by atoms with Gasteiger partial charge in [0.15, 0.2) is 0 Å². The van der Waals surface area contributed by atoms with Gasteiger partial charge in [0.2, 0.25) is 5.91 Å². The fraction of sp³-hybridized carbons (Fsp3) is 0.304. The molecular formula is C23H23N3O4. The van der Waals surface area contributed by atoms with Crippen molar-refractivity contribution in [2.24, 2.45) is 0 Å². The summed E-state index contributed by atoms with van der Waals surface area (Å²) in [4.78, 5) is 51.6. The number of carbonyl (C=O) groups is 4. The van der Waals surface area contributed by atoms with E-state index in [0.29, 0.717) is 24.9 Å². The molecule has 0 bridgehead atoms. The molecule has 5 amide bonds. The molecule has 1 heterocycles. The van der Waals surface area contributed by atoms with Crippen LogP contribution < -0.4 is 5.32 Å². The lowest BCUT2D eigenvalue weighted by atomic mass is 10.0. The van der Waals surface area contributed by atoms with Crippen molar-refractivity contribution in [2.45, 2.75) is 38.1 Å². The summed E-state index contributed by atoms with van der Waals surface area (Å²) in [6.45, 7) is -0.480. The van der Waals surface area contributed by atoms with Crippen molar-refractivity contribution in [3.8, 4) is 0 Å². The third-order valence-corrected chi connectivity index (χ3v) is 5.60. The normalized spacial score (nSPS) is 17.1. The summed E-state index contributed by atoms with van der Waals surface area (Å²) in [5, 5.41) is 2.78. The lowest BCUT2D eigenvalue weighted by molar-refractivity contribution is -0.144. The standard InChI is InChI=1S/C23H23N3O4/c27-20(15-25-21(28)22(29)26(23(25)30)18-11-5-6-12-18)24-19-13-7-4-10-17(19)14-16-8-2-1-3-9-16/h1-4,7-10,13,18H,5-6,11-12,14-15H2,(H,24,27). The van der Waals surface area contributed by atoms with Gasteiger partial charge in [-0.15, -0.1) is 0 Å². The lowest BCUT2D eigenvalue weighted by Gasteiger charge is -2.21. The molecule has 4 rings (SSSR count). The number of imide groups is 2. The van der Waals surface area contributed by atoms with Crippen LogP contribution >= 0.6 is 0 Å². The molecule has 7 heteroatoms. The van der Waals surface area contributed by atoms with Crippen molar-refractivity contribution < 1.29 is 19.2 Å². The number of carbonyl (C=O) groups excluding carboxylic acids is 4. The Morgan fingerprint density at radius 3 is 2.30 bits per heavy atom. The summed E-state index contributed by atoms with van der Waals surface area (Å²) in [6.07, 6.45) is 3.89. The lowest BCUT2D eigenvalue weighted by Crippen LogP contribution is -2.41. The summed E-state index contributed by atoms with van der Waals surface area (Å²) in [5.41, 5.74) is 2.63. The Kier molecular flexibility index (Phi) is 5.61. The van der Waals surface area contributed by atoms with Crippen molar-refractivity contribution in [1.82, 2.24) is 9.80 Å². The molecule has 1 saturated heterocycles. The molecule has 154 valence electrons. The summed E-state index contributed by atoms with van der Waals surface area (Å²) in [6, 6.07) is 16.3. The maximum Gasteiger partial charge on any atom is 0.334 e. The fourth-order valence-electron chi connectivity index (χ4n) is 4.09. The van der Waals surface area contributed by atoms with E-state index in [1.54, 1.807) is 6.07 Å². The first-order chi connectivity index (χ1) is 14.5. The van der Waals surface area contributed by atoms with Crippen LogP contribution in [0.2, 0.25) is 0 Å². The second-order valence-corrected chi connectivity index (χ2v) is 7.66. The third-order valence-electron chi connectivity index (χ3n) is 5.60. The molecule has 1 aliphatic carbocycles. The van der Waals surface area contributed by atoms with E-state index in [0.717, 1.165) is 33.8 Å². The quantitative estimate of drug-likeness (QED) is 0.591. The largest absolute Gasteiger partial charge is 0.334 e. The molecule has 2 aromatic carbocycles. The number of urea groups is 1. The third kappa shape index (κ3) is 3.96. The van der Waals surface area contributed by atoms with E-state index in [1.165, 1.54) is 0 Å². The van der Waals surface area contributed by atoms with Crippen LogP contribution in [0.1, 0.15) is 36.8 Å². The highest BCUT2D eigenvalue weighted by atomic mass is 16.2. The average Bonchev–Trinajstić information content (AvgIpc) is 3.34. The van der Waals surface area contributed by atoms with Crippen LogP contribution in [0.3, 0.4) is 0 Å². The second-order valence-electron chi connectivity index (χ2n) is 7.66. The van der Waals surface area contributed by atoms with E-state index in [9.17, 15) is 19.2 Å². The molecule has 2 aliphatic rings. The number of nitrogens with one attached hydrogen (secondary N) is 1. The van der Waals surface area contributed by atoms with Crippen molar-refractivity contribution in [2.75, 3.05) is 11.9 Å². The number of hydrogen-bond donors (Lipinski definition) is 1. The summed E-state index contributed by atoms with van der Waals surface area (Å²) >= 11 is 0. The first kappa shape index (κ1) is 19.8. The van der Waals surface area contributed by atoms with Gasteiger partial charge in [0.25, 0.3) is 0 Å². The Balaban J connectivity index is 1.44. The SMILES string of the molecule is O=C(CN1C(=O)C(=O)N(C2CCCC2)C1=O)Nc1ccccc1Cc1ccccc1. The van der Waals surface area contributed by atoms with Crippen LogP contribution in [0.5, 0.6) is 0 Å². The van der Waals surface area contributed by atoms with Gasteiger partial charge >= 0.3 is 17.8 Å². The van der Waals surface area contributed by atoms with Gasteiger partial charge in [-0.25, -0.2) is 9.69 Å². The Hall–Kier alpha value is -3.48. The summed E-state index contributed by atoms with van der Waals surface area (Å²) in [7, 11) is 0. The van der Waals surface area contributed by atoms with E-state index in [-0.39, 0.29) is 6.04 Å². The predicted molar refractivity (Wildman–Crippen MR) is 111 cm³/mol. The van der Waals surface area contributed by atoms with Gasteiger partial charge in [-0.3, -0.25) is 19.3 Å². The van der Waals surface area contributed by atoms with E-state index in [1.807, 2.05) is 48.5 Å². The Morgan fingerprint density at radius 1 is 0.900 bits per heavy atom. The highest BCUT2D eigenvalue weighted by Gasteiger charge is 2.48. The number of hydrogen-bond acceptors (Lipinski definition) is 4. The van der Waals surface area contributed by atoms with E-state index >= 15 is 0 Å². The van der Waals surface area contributed by atoms with Crippen LogP contribution in [-0.4, -0.2) is 46.1 Å². The van der Waals surface area contributed by atoms with Crippen molar-refractivity contribution in [3.63, 3.8) is 0 Å². The Bertz CT molecular complexity index is 983. The van der Waals surface area contributed by atoms with Gasteiger partial charge in [-0.1, -0.05) is 61.4 Å². The average molecular weight is 405 g/mol. The Labute approximate surface area is 174 Å². The molecule has 2 fully saturated rings. The van der Waals surface area contributed by atoms with E-state index < -0.39 is 30.3 Å². The monoisotopic (exact) mass is 405 g/mol. The number of nitrogens with zero attached hydrogens (tertiary/aromatic N) is 2. The highest BCUT2D eigenvalue weighted by molar-refractivity contribution is 6.45. The van der Waals surface area contributed by atoms with Gasteiger partial charge in [-0.2, -0.15) is 0 Å². The van der Waals surface area contributed by atoms with E-state index in [4.69, 9.17) is 0 Å².